The zero-order valence-corrected chi connectivity index (χ0v) is 11.4. The minimum Gasteiger partial charge on any atom is -0.375 e. The number of hydrogen-bond donors (Lipinski definition) is 0. The summed E-state index contributed by atoms with van der Waals surface area (Å²) in [5.41, 5.74) is 0.359. The van der Waals surface area contributed by atoms with Crippen molar-refractivity contribution >= 4 is 17.2 Å². The Hall–Kier alpha value is -1.66. The summed E-state index contributed by atoms with van der Waals surface area (Å²) in [6.45, 7) is 3.73. The number of nitrogens with zero attached hydrogens (tertiary/aromatic N) is 2. The summed E-state index contributed by atoms with van der Waals surface area (Å²) in [5, 5.41) is 5.83. The predicted octanol–water partition coefficient (Wildman–Crippen LogP) is 2.26. The molecule has 0 aromatic carbocycles. The van der Waals surface area contributed by atoms with Crippen molar-refractivity contribution in [3.63, 3.8) is 0 Å². The van der Waals surface area contributed by atoms with E-state index in [9.17, 15) is 4.79 Å². The van der Waals surface area contributed by atoms with Gasteiger partial charge in [-0.05, 0) is 18.4 Å². The molecule has 1 fully saturated rings. The average molecular weight is 278 g/mol. The van der Waals surface area contributed by atoms with E-state index >= 15 is 0 Å². The number of aromatic nitrogens is 1. The van der Waals surface area contributed by atoms with Gasteiger partial charge in [-0.3, -0.25) is 4.79 Å². The molecule has 1 atom stereocenters. The fourth-order valence-corrected chi connectivity index (χ4v) is 2.75. The highest BCUT2D eigenvalue weighted by atomic mass is 32.1. The van der Waals surface area contributed by atoms with Gasteiger partial charge in [0.1, 0.15) is 0 Å². The Balaban J connectivity index is 1.77. The average Bonchev–Trinajstić information content (AvgIpc) is 3.08. The first kappa shape index (κ1) is 12.4. The van der Waals surface area contributed by atoms with E-state index in [4.69, 9.17) is 9.26 Å². The van der Waals surface area contributed by atoms with Crippen LogP contribution < -0.4 is 0 Å². The molecule has 3 heterocycles. The molecule has 2 aromatic heterocycles. The van der Waals surface area contributed by atoms with Gasteiger partial charge in [-0.1, -0.05) is 11.2 Å². The van der Waals surface area contributed by atoms with Crippen LogP contribution in [0.25, 0.3) is 10.6 Å². The molecule has 0 aliphatic carbocycles. The van der Waals surface area contributed by atoms with Crippen LogP contribution in [-0.2, 0) is 4.74 Å². The third-order valence-corrected chi connectivity index (χ3v) is 3.91. The number of carbonyl (C=O) groups is 1. The van der Waals surface area contributed by atoms with E-state index in [1.807, 2.05) is 24.4 Å². The third-order valence-electron chi connectivity index (χ3n) is 3.02. The van der Waals surface area contributed by atoms with Crippen LogP contribution in [0.5, 0.6) is 0 Å². The summed E-state index contributed by atoms with van der Waals surface area (Å²) in [5.74, 6) is 0.543. The molecule has 0 radical (unpaired) electrons. The van der Waals surface area contributed by atoms with Crippen molar-refractivity contribution in [3.05, 3.63) is 29.3 Å². The van der Waals surface area contributed by atoms with Crippen molar-refractivity contribution in [2.45, 2.75) is 13.0 Å². The fourth-order valence-electron chi connectivity index (χ4n) is 2.08. The number of amides is 1. The number of hydrogen-bond acceptors (Lipinski definition) is 5. The molecule has 19 heavy (non-hydrogen) atoms. The number of thiophene rings is 1. The van der Waals surface area contributed by atoms with Gasteiger partial charge in [0.15, 0.2) is 11.5 Å². The lowest BCUT2D eigenvalue weighted by Gasteiger charge is -2.30. The molecule has 0 spiro atoms. The second-order valence-corrected chi connectivity index (χ2v) is 5.43. The van der Waals surface area contributed by atoms with Crippen molar-refractivity contribution < 1.29 is 14.1 Å². The molecule has 0 N–H and O–H groups in total. The normalized spacial score (nSPS) is 19.6. The van der Waals surface area contributed by atoms with Crippen LogP contribution in [0.3, 0.4) is 0 Å². The highest BCUT2D eigenvalue weighted by Crippen LogP contribution is 2.25. The van der Waals surface area contributed by atoms with Crippen LogP contribution in [0.1, 0.15) is 17.4 Å². The Bertz CT molecular complexity index is 564. The van der Waals surface area contributed by atoms with E-state index in [-0.39, 0.29) is 12.0 Å². The lowest BCUT2D eigenvalue weighted by atomic mass is 10.2. The molecule has 100 valence electrons. The maximum absolute atomic E-state index is 12.3. The Labute approximate surface area is 114 Å². The SMILES string of the molecule is CC1CN(C(=O)c2cc(-c3cccs3)on2)CCO1. The van der Waals surface area contributed by atoms with Crippen molar-refractivity contribution in [1.82, 2.24) is 10.1 Å². The second kappa shape index (κ2) is 5.14. The minimum absolute atomic E-state index is 0.0707. The van der Waals surface area contributed by atoms with Crippen molar-refractivity contribution in [2.24, 2.45) is 0 Å². The number of ether oxygens (including phenoxy) is 1. The van der Waals surface area contributed by atoms with Gasteiger partial charge in [0.2, 0.25) is 0 Å². The van der Waals surface area contributed by atoms with Gasteiger partial charge in [-0.25, -0.2) is 0 Å². The maximum atomic E-state index is 12.3. The van der Waals surface area contributed by atoms with Gasteiger partial charge < -0.3 is 14.2 Å². The van der Waals surface area contributed by atoms with E-state index in [1.165, 1.54) is 0 Å². The highest BCUT2D eigenvalue weighted by Gasteiger charge is 2.25. The number of carbonyl (C=O) groups excluding carboxylic acids is 1. The Kier molecular flexibility index (Phi) is 3.35. The number of morpholine rings is 1. The zero-order valence-electron chi connectivity index (χ0n) is 10.5. The Morgan fingerprint density at radius 3 is 3.21 bits per heavy atom. The van der Waals surface area contributed by atoms with Gasteiger partial charge in [0.25, 0.3) is 5.91 Å². The Morgan fingerprint density at radius 2 is 2.47 bits per heavy atom. The molecule has 2 aromatic rings. The van der Waals surface area contributed by atoms with Gasteiger partial charge in [-0.2, -0.15) is 0 Å². The van der Waals surface area contributed by atoms with Crippen LogP contribution in [0.4, 0.5) is 0 Å². The van der Waals surface area contributed by atoms with E-state index in [1.54, 1.807) is 22.3 Å². The van der Waals surface area contributed by atoms with Crippen LogP contribution in [0.15, 0.2) is 28.1 Å². The smallest absolute Gasteiger partial charge is 0.276 e. The predicted molar refractivity (Wildman–Crippen MR) is 71.1 cm³/mol. The molecule has 1 saturated heterocycles. The monoisotopic (exact) mass is 278 g/mol. The molecule has 5 nitrogen and oxygen atoms in total. The summed E-state index contributed by atoms with van der Waals surface area (Å²) in [6, 6.07) is 5.58. The molecular weight excluding hydrogens is 264 g/mol. The summed E-state index contributed by atoms with van der Waals surface area (Å²) in [7, 11) is 0. The third kappa shape index (κ3) is 2.54. The fraction of sp³-hybridized carbons (Fsp3) is 0.385. The number of rotatable bonds is 2. The molecule has 3 rings (SSSR count). The molecule has 1 unspecified atom stereocenters. The molecule has 6 heteroatoms. The van der Waals surface area contributed by atoms with Crippen LogP contribution in [0, 0.1) is 0 Å². The van der Waals surface area contributed by atoms with Crippen molar-refractivity contribution in [1.29, 1.82) is 0 Å². The van der Waals surface area contributed by atoms with E-state index in [2.05, 4.69) is 5.16 Å². The van der Waals surface area contributed by atoms with E-state index in [0.717, 1.165) is 4.88 Å². The zero-order chi connectivity index (χ0) is 13.2. The molecular formula is C13H14N2O3S. The van der Waals surface area contributed by atoms with Gasteiger partial charge in [0, 0.05) is 19.2 Å². The minimum atomic E-state index is -0.0956. The molecule has 0 bridgehead atoms. The maximum Gasteiger partial charge on any atom is 0.276 e. The Morgan fingerprint density at radius 1 is 1.58 bits per heavy atom. The topological polar surface area (TPSA) is 55.6 Å². The van der Waals surface area contributed by atoms with Crippen LogP contribution in [0.2, 0.25) is 0 Å². The lowest BCUT2D eigenvalue weighted by molar-refractivity contribution is -0.0127. The van der Waals surface area contributed by atoms with Crippen LogP contribution in [-0.4, -0.2) is 41.8 Å². The standard InChI is InChI=1S/C13H14N2O3S/c1-9-8-15(4-5-17-9)13(16)10-7-11(18-14-10)12-3-2-6-19-12/h2-3,6-7,9H,4-5,8H2,1H3. The van der Waals surface area contributed by atoms with Crippen molar-refractivity contribution in [2.75, 3.05) is 19.7 Å². The molecule has 0 saturated carbocycles. The molecule has 1 aliphatic rings. The summed E-state index contributed by atoms with van der Waals surface area (Å²) >= 11 is 1.56. The summed E-state index contributed by atoms with van der Waals surface area (Å²) < 4.78 is 10.7. The largest absolute Gasteiger partial charge is 0.375 e. The molecule has 1 amide bonds. The van der Waals surface area contributed by atoms with Crippen molar-refractivity contribution in [3.8, 4) is 10.6 Å². The first-order valence-electron chi connectivity index (χ1n) is 6.15. The summed E-state index contributed by atoms with van der Waals surface area (Å²) in [6.07, 6.45) is 0.0707. The van der Waals surface area contributed by atoms with Gasteiger partial charge >= 0.3 is 0 Å². The first-order valence-corrected chi connectivity index (χ1v) is 7.03. The first-order chi connectivity index (χ1) is 9.24. The van der Waals surface area contributed by atoms with E-state index < -0.39 is 0 Å². The highest BCUT2D eigenvalue weighted by molar-refractivity contribution is 7.13. The molecule has 1 aliphatic heterocycles. The second-order valence-electron chi connectivity index (χ2n) is 4.49. The quantitative estimate of drug-likeness (QED) is 0.845. The van der Waals surface area contributed by atoms with Gasteiger partial charge in [0.05, 0.1) is 17.6 Å². The lowest BCUT2D eigenvalue weighted by Crippen LogP contribution is -2.44. The van der Waals surface area contributed by atoms with Gasteiger partial charge in [-0.15, -0.1) is 11.3 Å². The summed E-state index contributed by atoms with van der Waals surface area (Å²) in [4.78, 5) is 15.0. The van der Waals surface area contributed by atoms with E-state index in [0.29, 0.717) is 31.2 Å². The van der Waals surface area contributed by atoms with Crippen LogP contribution >= 0.6 is 11.3 Å².